The molecule has 0 spiro atoms. The van der Waals surface area contributed by atoms with Gasteiger partial charge in [0.25, 0.3) is 11.1 Å². The van der Waals surface area contributed by atoms with Crippen LogP contribution in [-0.2, 0) is 13.6 Å². The monoisotopic (exact) mass is 421 g/mol. The number of nitrogens with one attached hydrogen (secondary N) is 1. The summed E-state index contributed by atoms with van der Waals surface area (Å²) < 4.78 is 3.10. The molecule has 0 aliphatic carbocycles. The number of ketones is 1. The average Bonchev–Trinajstić information content (AvgIpc) is 3.08. The molecule has 0 unspecified atom stereocenters. The highest BCUT2D eigenvalue weighted by Crippen LogP contribution is 2.21. The van der Waals surface area contributed by atoms with Crippen molar-refractivity contribution in [3.63, 3.8) is 0 Å². The van der Waals surface area contributed by atoms with Gasteiger partial charge in [-0.15, -0.1) is 11.3 Å². The van der Waals surface area contributed by atoms with E-state index in [0.717, 1.165) is 11.8 Å². The lowest BCUT2D eigenvalue weighted by atomic mass is 10.2. The highest BCUT2D eigenvalue weighted by molar-refractivity contribution is 7.99. The molecule has 0 aromatic carbocycles. The third-order valence-electron chi connectivity index (χ3n) is 4.04. The number of aromatic amines is 1. The number of thiophene rings is 1. The van der Waals surface area contributed by atoms with E-state index in [1.54, 1.807) is 18.5 Å². The molecule has 0 fully saturated rings. The number of Topliss-reactive ketones (excluding diaryl/α,β-unsaturated/α-hetero) is 1. The standard InChI is InChI=1S/C17H19N5O4S2/c1-8(2)6-22-13(18)11(14(24)20-16(22)26)10(23)7-28-17-19-9-4-5-27-12(9)15(25)21(17)3/h4-5,8H,6-7,18H2,1-3H3,(H,20,24,26). The normalized spacial score (nSPS) is 11.4. The zero-order valence-electron chi connectivity index (χ0n) is 15.5. The molecule has 3 aromatic heterocycles. The molecule has 0 aliphatic rings. The molecule has 148 valence electrons. The van der Waals surface area contributed by atoms with Gasteiger partial charge in [-0.3, -0.25) is 28.5 Å². The Hall–Kier alpha value is -2.66. The number of nitrogens with two attached hydrogens (primary N) is 1. The average molecular weight is 422 g/mol. The van der Waals surface area contributed by atoms with E-state index in [9.17, 15) is 19.2 Å². The number of aromatic nitrogens is 4. The molecule has 0 saturated heterocycles. The lowest BCUT2D eigenvalue weighted by molar-refractivity contribution is 0.102. The molecule has 3 N–H and O–H groups in total. The number of anilines is 1. The molecular weight excluding hydrogens is 402 g/mol. The Morgan fingerprint density at radius 1 is 1.36 bits per heavy atom. The molecule has 0 radical (unpaired) electrons. The molecule has 0 saturated carbocycles. The first kappa shape index (κ1) is 20.1. The Balaban J connectivity index is 1.92. The Morgan fingerprint density at radius 3 is 2.75 bits per heavy atom. The van der Waals surface area contributed by atoms with Crippen LogP contribution in [0, 0.1) is 5.92 Å². The van der Waals surface area contributed by atoms with Crippen molar-refractivity contribution in [3.05, 3.63) is 48.2 Å². The summed E-state index contributed by atoms with van der Waals surface area (Å²) in [4.78, 5) is 55.7. The molecule has 0 aliphatic heterocycles. The van der Waals surface area contributed by atoms with E-state index in [2.05, 4.69) is 9.97 Å². The minimum absolute atomic E-state index is 0.0966. The van der Waals surface area contributed by atoms with Gasteiger partial charge in [-0.1, -0.05) is 25.6 Å². The Labute approximate surface area is 167 Å². The fraction of sp³-hybridized carbons (Fsp3) is 0.353. The first-order valence-corrected chi connectivity index (χ1v) is 10.3. The molecule has 11 heteroatoms. The minimum Gasteiger partial charge on any atom is -0.384 e. The molecule has 3 aromatic rings. The lowest BCUT2D eigenvalue weighted by Crippen LogP contribution is -2.37. The second-order valence-electron chi connectivity index (χ2n) is 6.63. The summed E-state index contributed by atoms with van der Waals surface area (Å²) in [5.74, 6) is -0.744. The summed E-state index contributed by atoms with van der Waals surface area (Å²) in [6.07, 6.45) is 0. The molecule has 28 heavy (non-hydrogen) atoms. The van der Waals surface area contributed by atoms with Crippen molar-refractivity contribution in [3.8, 4) is 0 Å². The lowest BCUT2D eigenvalue weighted by Gasteiger charge is -2.14. The van der Waals surface area contributed by atoms with Crippen LogP contribution in [0.2, 0.25) is 0 Å². The molecule has 0 amide bonds. The van der Waals surface area contributed by atoms with E-state index in [1.165, 1.54) is 20.5 Å². The van der Waals surface area contributed by atoms with Gasteiger partial charge in [0.05, 0.1) is 11.3 Å². The van der Waals surface area contributed by atoms with Crippen molar-refractivity contribution in [2.45, 2.75) is 25.5 Å². The first-order chi connectivity index (χ1) is 13.2. The van der Waals surface area contributed by atoms with Gasteiger partial charge < -0.3 is 5.73 Å². The molecule has 3 rings (SSSR count). The van der Waals surface area contributed by atoms with Crippen LogP contribution in [-0.4, -0.2) is 30.6 Å². The summed E-state index contributed by atoms with van der Waals surface area (Å²) in [5.41, 5.74) is 4.61. The predicted octanol–water partition coefficient (Wildman–Crippen LogP) is 1.06. The summed E-state index contributed by atoms with van der Waals surface area (Å²) in [6.45, 7) is 4.06. The SMILES string of the molecule is CC(C)Cn1c(N)c(C(=O)CSc2nc3ccsc3c(=O)n2C)c(=O)[nH]c1=O. The van der Waals surface area contributed by atoms with Gasteiger partial charge in [0.15, 0.2) is 10.9 Å². The third-order valence-corrected chi connectivity index (χ3v) is 5.97. The van der Waals surface area contributed by atoms with Crippen molar-refractivity contribution in [1.82, 2.24) is 19.1 Å². The number of thioether (sulfide) groups is 1. The van der Waals surface area contributed by atoms with Gasteiger partial charge in [-0.2, -0.15) is 0 Å². The highest BCUT2D eigenvalue weighted by atomic mass is 32.2. The summed E-state index contributed by atoms with van der Waals surface area (Å²) in [5, 5.41) is 2.13. The zero-order valence-corrected chi connectivity index (χ0v) is 17.1. The minimum atomic E-state index is -0.816. The van der Waals surface area contributed by atoms with Gasteiger partial charge in [-0.05, 0) is 17.4 Å². The second kappa shape index (κ2) is 7.76. The number of fused-ring (bicyclic) bond motifs is 1. The van der Waals surface area contributed by atoms with Crippen LogP contribution in [0.1, 0.15) is 24.2 Å². The maximum Gasteiger partial charge on any atom is 0.329 e. The largest absolute Gasteiger partial charge is 0.384 e. The fourth-order valence-electron chi connectivity index (χ4n) is 2.70. The number of hydrogen-bond acceptors (Lipinski definition) is 8. The van der Waals surface area contributed by atoms with E-state index in [1.807, 2.05) is 13.8 Å². The van der Waals surface area contributed by atoms with Gasteiger partial charge in [0.1, 0.15) is 16.1 Å². The van der Waals surface area contributed by atoms with Gasteiger partial charge in [-0.25, -0.2) is 9.78 Å². The molecule has 9 nitrogen and oxygen atoms in total. The Morgan fingerprint density at radius 2 is 2.07 bits per heavy atom. The number of nitrogen functional groups attached to an aromatic ring is 1. The van der Waals surface area contributed by atoms with Crippen LogP contribution in [0.3, 0.4) is 0 Å². The molecule has 0 bridgehead atoms. The number of nitrogens with zero attached hydrogens (tertiary/aromatic N) is 3. The highest BCUT2D eigenvalue weighted by Gasteiger charge is 2.21. The van der Waals surface area contributed by atoms with Crippen molar-refractivity contribution in [1.29, 1.82) is 0 Å². The van der Waals surface area contributed by atoms with E-state index in [4.69, 9.17) is 5.73 Å². The van der Waals surface area contributed by atoms with Crippen LogP contribution >= 0.6 is 23.1 Å². The van der Waals surface area contributed by atoms with E-state index < -0.39 is 17.0 Å². The topological polar surface area (TPSA) is 133 Å². The van der Waals surface area contributed by atoms with Crippen molar-refractivity contribution < 1.29 is 4.79 Å². The van der Waals surface area contributed by atoms with Crippen LogP contribution in [0.5, 0.6) is 0 Å². The van der Waals surface area contributed by atoms with E-state index in [-0.39, 0.29) is 35.2 Å². The summed E-state index contributed by atoms with van der Waals surface area (Å²) >= 11 is 2.34. The van der Waals surface area contributed by atoms with Crippen LogP contribution < -0.4 is 22.5 Å². The third kappa shape index (κ3) is 3.67. The van der Waals surface area contributed by atoms with Crippen molar-refractivity contribution in [2.24, 2.45) is 13.0 Å². The number of carbonyl (C=O) groups excluding carboxylic acids is 1. The van der Waals surface area contributed by atoms with Gasteiger partial charge in [0, 0.05) is 13.6 Å². The molecular formula is C17H19N5O4S2. The van der Waals surface area contributed by atoms with Crippen LogP contribution in [0.25, 0.3) is 10.2 Å². The predicted molar refractivity (Wildman–Crippen MR) is 110 cm³/mol. The van der Waals surface area contributed by atoms with Crippen molar-refractivity contribution in [2.75, 3.05) is 11.5 Å². The number of carbonyl (C=O) groups is 1. The van der Waals surface area contributed by atoms with E-state index in [0.29, 0.717) is 15.4 Å². The molecule has 3 heterocycles. The first-order valence-electron chi connectivity index (χ1n) is 8.43. The van der Waals surface area contributed by atoms with Gasteiger partial charge in [0.2, 0.25) is 0 Å². The van der Waals surface area contributed by atoms with Crippen molar-refractivity contribution >= 4 is 44.9 Å². The van der Waals surface area contributed by atoms with Gasteiger partial charge >= 0.3 is 5.69 Å². The molecule has 0 atom stereocenters. The summed E-state index contributed by atoms with van der Waals surface area (Å²) in [7, 11) is 1.57. The zero-order chi connectivity index (χ0) is 20.6. The number of rotatable bonds is 6. The quantitative estimate of drug-likeness (QED) is 0.345. The number of H-pyrrole nitrogens is 1. The van der Waals surface area contributed by atoms with Crippen LogP contribution in [0.15, 0.2) is 31.0 Å². The van der Waals surface area contributed by atoms with Crippen LogP contribution in [0.4, 0.5) is 5.82 Å². The van der Waals surface area contributed by atoms with E-state index >= 15 is 0 Å². The fourth-order valence-corrected chi connectivity index (χ4v) is 4.35. The Bertz CT molecular complexity index is 1240. The maximum atomic E-state index is 12.7. The Kier molecular flexibility index (Phi) is 5.57. The smallest absolute Gasteiger partial charge is 0.329 e. The second-order valence-corrected chi connectivity index (χ2v) is 8.49. The summed E-state index contributed by atoms with van der Waals surface area (Å²) in [6, 6.07) is 1.73. The maximum absolute atomic E-state index is 12.7. The number of hydrogen-bond donors (Lipinski definition) is 2.